The van der Waals surface area contributed by atoms with E-state index in [2.05, 4.69) is 20.2 Å². The minimum atomic E-state index is -0.208. The third-order valence-corrected chi connectivity index (χ3v) is 3.68. The van der Waals surface area contributed by atoms with Gasteiger partial charge >= 0.3 is 0 Å². The molecule has 6 nitrogen and oxygen atoms in total. The molecule has 1 amide bonds. The van der Waals surface area contributed by atoms with Crippen LogP contribution < -0.4 is 10.2 Å². The summed E-state index contributed by atoms with van der Waals surface area (Å²) >= 11 is 0. The molecule has 1 fully saturated rings. The fourth-order valence-electron chi connectivity index (χ4n) is 2.57. The molecule has 3 heterocycles. The second-order valence-corrected chi connectivity index (χ2v) is 5.58. The van der Waals surface area contributed by atoms with Crippen molar-refractivity contribution in [1.82, 2.24) is 15.3 Å². The van der Waals surface area contributed by atoms with Crippen LogP contribution >= 0.6 is 0 Å². The molecule has 3 rings (SSSR count). The van der Waals surface area contributed by atoms with Gasteiger partial charge in [0.05, 0.1) is 6.54 Å². The Kier molecular flexibility index (Phi) is 4.09. The average Bonchev–Trinajstić information content (AvgIpc) is 3.15. The predicted octanol–water partition coefficient (Wildman–Crippen LogP) is 2.22. The highest BCUT2D eigenvalue weighted by Crippen LogP contribution is 2.16. The normalized spacial score (nSPS) is 14.4. The molecule has 116 valence electrons. The number of hydrogen-bond donors (Lipinski definition) is 1. The van der Waals surface area contributed by atoms with E-state index in [1.165, 1.54) is 0 Å². The van der Waals surface area contributed by atoms with Crippen LogP contribution in [0.4, 0.5) is 5.95 Å². The van der Waals surface area contributed by atoms with Crippen LogP contribution in [0.15, 0.2) is 22.6 Å². The summed E-state index contributed by atoms with van der Waals surface area (Å²) in [4.78, 5) is 23.2. The molecule has 2 aromatic rings. The minimum absolute atomic E-state index is 0.208. The molecule has 1 aliphatic heterocycles. The zero-order valence-electron chi connectivity index (χ0n) is 12.9. The molecule has 1 N–H and O–H groups in total. The van der Waals surface area contributed by atoms with Gasteiger partial charge in [-0.2, -0.15) is 0 Å². The van der Waals surface area contributed by atoms with Crippen molar-refractivity contribution in [3.8, 4) is 0 Å². The molecule has 1 saturated heterocycles. The summed E-state index contributed by atoms with van der Waals surface area (Å²) in [5.74, 6) is 2.01. The van der Waals surface area contributed by atoms with Gasteiger partial charge in [-0.25, -0.2) is 9.97 Å². The van der Waals surface area contributed by atoms with Gasteiger partial charge in [-0.1, -0.05) is 0 Å². The summed E-state index contributed by atoms with van der Waals surface area (Å²) in [5.41, 5.74) is 1.20. The van der Waals surface area contributed by atoms with Crippen LogP contribution in [-0.4, -0.2) is 29.0 Å². The molecular weight excluding hydrogens is 280 g/mol. The fourth-order valence-corrected chi connectivity index (χ4v) is 2.57. The van der Waals surface area contributed by atoms with Crippen molar-refractivity contribution in [2.45, 2.75) is 33.2 Å². The van der Waals surface area contributed by atoms with Crippen LogP contribution in [0.2, 0.25) is 0 Å². The standard InChI is InChI=1S/C16H20N4O2/c1-11-9-14(19-16(18-11)20-7-3-4-8-20)15(21)17-10-13-6-5-12(2)22-13/h5-6,9H,3-4,7-8,10H2,1-2H3,(H,17,21). The summed E-state index contributed by atoms with van der Waals surface area (Å²) in [6.07, 6.45) is 2.30. The number of nitrogens with one attached hydrogen (secondary N) is 1. The van der Waals surface area contributed by atoms with Gasteiger partial charge in [0.15, 0.2) is 0 Å². The van der Waals surface area contributed by atoms with E-state index in [4.69, 9.17) is 4.42 Å². The van der Waals surface area contributed by atoms with Crippen LogP contribution in [0.25, 0.3) is 0 Å². The zero-order valence-corrected chi connectivity index (χ0v) is 12.9. The molecule has 0 radical (unpaired) electrons. The second-order valence-electron chi connectivity index (χ2n) is 5.58. The fraction of sp³-hybridized carbons (Fsp3) is 0.438. The third kappa shape index (κ3) is 3.27. The summed E-state index contributed by atoms with van der Waals surface area (Å²) in [7, 11) is 0. The summed E-state index contributed by atoms with van der Waals surface area (Å²) in [6.45, 7) is 6.02. The predicted molar refractivity (Wildman–Crippen MR) is 82.8 cm³/mol. The van der Waals surface area contributed by atoms with Gasteiger partial charge in [0, 0.05) is 18.8 Å². The summed E-state index contributed by atoms with van der Waals surface area (Å²) < 4.78 is 5.44. The number of furan rings is 1. The monoisotopic (exact) mass is 300 g/mol. The van der Waals surface area contributed by atoms with E-state index < -0.39 is 0 Å². The number of carbonyl (C=O) groups is 1. The van der Waals surface area contributed by atoms with Gasteiger partial charge in [0.25, 0.3) is 5.91 Å². The highest BCUT2D eigenvalue weighted by atomic mass is 16.3. The van der Waals surface area contributed by atoms with E-state index in [0.29, 0.717) is 18.2 Å². The number of nitrogens with zero attached hydrogens (tertiary/aromatic N) is 3. The lowest BCUT2D eigenvalue weighted by atomic mass is 10.3. The van der Waals surface area contributed by atoms with Gasteiger partial charge in [-0.05, 0) is 44.9 Å². The SMILES string of the molecule is Cc1cc(C(=O)NCc2ccc(C)o2)nc(N2CCCC2)n1. The van der Waals surface area contributed by atoms with E-state index in [-0.39, 0.29) is 5.91 Å². The molecule has 22 heavy (non-hydrogen) atoms. The van der Waals surface area contributed by atoms with Gasteiger partial charge in [-0.15, -0.1) is 0 Å². The maximum Gasteiger partial charge on any atom is 0.270 e. The third-order valence-electron chi connectivity index (χ3n) is 3.68. The highest BCUT2D eigenvalue weighted by Gasteiger charge is 2.18. The number of anilines is 1. The molecule has 2 aromatic heterocycles. The topological polar surface area (TPSA) is 71.3 Å². The number of amides is 1. The molecule has 0 atom stereocenters. The first-order valence-corrected chi connectivity index (χ1v) is 7.56. The lowest BCUT2D eigenvalue weighted by molar-refractivity contribution is 0.0942. The van der Waals surface area contributed by atoms with E-state index in [1.54, 1.807) is 6.07 Å². The van der Waals surface area contributed by atoms with E-state index in [1.807, 2.05) is 26.0 Å². The number of aryl methyl sites for hydroxylation is 2. The van der Waals surface area contributed by atoms with Crippen LogP contribution in [0.3, 0.4) is 0 Å². The van der Waals surface area contributed by atoms with Crippen LogP contribution in [0.5, 0.6) is 0 Å². The van der Waals surface area contributed by atoms with Crippen molar-refractivity contribution in [2.75, 3.05) is 18.0 Å². The number of rotatable bonds is 4. The van der Waals surface area contributed by atoms with Crippen molar-refractivity contribution in [3.05, 3.63) is 41.1 Å². The van der Waals surface area contributed by atoms with E-state index in [0.717, 1.165) is 43.1 Å². The second kappa shape index (κ2) is 6.17. The van der Waals surface area contributed by atoms with Crippen molar-refractivity contribution in [3.63, 3.8) is 0 Å². The summed E-state index contributed by atoms with van der Waals surface area (Å²) in [6, 6.07) is 5.45. The molecule has 0 bridgehead atoms. The van der Waals surface area contributed by atoms with E-state index >= 15 is 0 Å². The van der Waals surface area contributed by atoms with E-state index in [9.17, 15) is 4.79 Å². The quantitative estimate of drug-likeness (QED) is 0.937. The molecule has 0 aliphatic carbocycles. The molecule has 0 unspecified atom stereocenters. The number of hydrogen-bond acceptors (Lipinski definition) is 5. The maximum atomic E-state index is 12.3. The van der Waals surface area contributed by atoms with Gasteiger partial charge < -0.3 is 14.6 Å². The minimum Gasteiger partial charge on any atom is -0.465 e. The van der Waals surface area contributed by atoms with Crippen LogP contribution in [0.1, 0.15) is 40.5 Å². The first kappa shape index (κ1) is 14.6. The summed E-state index contributed by atoms with van der Waals surface area (Å²) in [5, 5.41) is 2.83. The molecular formula is C16H20N4O2. The first-order chi connectivity index (χ1) is 10.6. The largest absolute Gasteiger partial charge is 0.465 e. The zero-order chi connectivity index (χ0) is 15.5. The average molecular weight is 300 g/mol. The van der Waals surface area contributed by atoms with Crippen molar-refractivity contribution >= 4 is 11.9 Å². The molecule has 0 aromatic carbocycles. The number of aromatic nitrogens is 2. The Balaban J connectivity index is 1.71. The Labute approximate surface area is 129 Å². The molecule has 0 saturated carbocycles. The van der Waals surface area contributed by atoms with Crippen LogP contribution in [-0.2, 0) is 6.54 Å². The Morgan fingerprint density at radius 1 is 1.27 bits per heavy atom. The molecule has 1 aliphatic rings. The van der Waals surface area contributed by atoms with Gasteiger partial charge in [0.2, 0.25) is 5.95 Å². The van der Waals surface area contributed by atoms with Crippen molar-refractivity contribution in [1.29, 1.82) is 0 Å². The van der Waals surface area contributed by atoms with Crippen LogP contribution in [0, 0.1) is 13.8 Å². The van der Waals surface area contributed by atoms with Gasteiger partial charge in [-0.3, -0.25) is 4.79 Å². The molecule has 0 spiro atoms. The lowest BCUT2D eigenvalue weighted by Crippen LogP contribution is -2.26. The maximum absolute atomic E-state index is 12.3. The van der Waals surface area contributed by atoms with Gasteiger partial charge in [0.1, 0.15) is 17.2 Å². The first-order valence-electron chi connectivity index (χ1n) is 7.56. The Bertz CT molecular complexity index is 675. The smallest absolute Gasteiger partial charge is 0.270 e. The lowest BCUT2D eigenvalue weighted by Gasteiger charge is -2.16. The van der Waals surface area contributed by atoms with Crippen molar-refractivity contribution < 1.29 is 9.21 Å². The van der Waals surface area contributed by atoms with Crippen molar-refractivity contribution in [2.24, 2.45) is 0 Å². The molecule has 6 heteroatoms. The Morgan fingerprint density at radius 3 is 2.73 bits per heavy atom. The number of carbonyl (C=O) groups excluding carboxylic acids is 1. The Morgan fingerprint density at radius 2 is 2.05 bits per heavy atom. The Hall–Kier alpha value is -2.37. The highest BCUT2D eigenvalue weighted by molar-refractivity contribution is 5.92.